The third kappa shape index (κ3) is 6.74. The predicted octanol–water partition coefficient (Wildman–Crippen LogP) is 1.69. The zero-order chi connectivity index (χ0) is 18.2. The molecule has 2 rings (SSSR count). The lowest BCUT2D eigenvalue weighted by Crippen LogP contribution is -2.52. The molecular formula is C19H30N4O2. The summed E-state index contributed by atoms with van der Waals surface area (Å²) in [5, 5.41) is 11.9. The van der Waals surface area contributed by atoms with Gasteiger partial charge in [0.25, 0.3) is 0 Å². The first kappa shape index (κ1) is 19.2. The summed E-state index contributed by atoms with van der Waals surface area (Å²) < 4.78 is 0. The van der Waals surface area contributed by atoms with Crippen LogP contribution in [0.1, 0.15) is 37.8 Å². The Balaban J connectivity index is 1.85. The molecule has 25 heavy (non-hydrogen) atoms. The number of benzene rings is 1. The van der Waals surface area contributed by atoms with E-state index in [1.54, 1.807) is 0 Å². The Bertz CT molecular complexity index is 565. The Hall–Kier alpha value is -2.08. The summed E-state index contributed by atoms with van der Waals surface area (Å²) in [4.78, 5) is 24.7. The quantitative estimate of drug-likeness (QED) is 0.606. The highest BCUT2D eigenvalue weighted by Gasteiger charge is 2.25. The number of urea groups is 1. The molecule has 1 heterocycles. The summed E-state index contributed by atoms with van der Waals surface area (Å²) in [6.07, 6.45) is 1.55. The number of carbonyl (C=O) groups excluding carboxylic acids is 2. The van der Waals surface area contributed by atoms with E-state index >= 15 is 0 Å². The van der Waals surface area contributed by atoms with Crippen LogP contribution in [-0.4, -0.2) is 37.1 Å². The highest BCUT2D eigenvalue weighted by molar-refractivity contribution is 5.87. The molecule has 0 saturated carbocycles. The van der Waals surface area contributed by atoms with Gasteiger partial charge >= 0.3 is 6.03 Å². The van der Waals surface area contributed by atoms with Crippen molar-refractivity contribution in [3.8, 4) is 0 Å². The molecule has 1 aromatic rings. The number of rotatable bonds is 7. The Kier molecular flexibility index (Phi) is 7.25. The Morgan fingerprint density at radius 3 is 2.56 bits per heavy atom. The van der Waals surface area contributed by atoms with Crippen molar-refractivity contribution in [3.63, 3.8) is 0 Å². The maximum absolute atomic E-state index is 12.5. The fraction of sp³-hybridized carbons (Fsp3) is 0.579. The zero-order valence-corrected chi connectivity index (χ0v) is 15.4. The van der Waals surface area contributed by atoms with Gasteiger partial charge in [-0.15, -0.1) is 0 Å². The maximum atomic E-state index is 12.5. The molecule has 0 aromatic heterocycles. The number of nitrogens with one attached hydrogen (secondary N) is 4. The standard InChI is InChI=1S/C19H30N4O2/c1-13(2)10-17(18(24)22-16-8-9-20-12-16)23-19(25)21-11-15-6-4-14(3)5-7-15/h4-7,13,16-17,20H,8-12H2,1-3H3,(H,22,24)(H2,21,23,25). The third-order valence-electron chi connectivity index (χ3n) is 4.31. The monoisotopic (exact) mass is 346 g/mol. The second-order valence-electron chi connectivity index (χ2n) is 7.19. The molecular weight excluding hydrogens is 316 g/mol. The number of hydrogen-bond acceptors (Lipinski definition) is 3. The molecule has 3 amide bonds. The van der Waals surface area contributed by atoms with Crippen molar-refractivity contribution in [1.82, 2.24) is 21.3 Å². The molecule has 1 fully saturated rings. The molecule has 0 bridgehead atoms. The summed E-state index contributed by atoms with van der Waals surface area (Å²) in [6.45, 7) is 8.27. The van der Waals surface area contributed by atoms with Gasteiger partial charge in [0.1, 0.15) is 6.04 Å². The summed E-state index contributed by atoms with van der Waals surface area (Å²) in [7, 11) is 0. The van der Waals surface area contributed by atoms with E-state index in [2.05, 4.69) is 21.3 Å². The Morgan fingerprint density at radius 2 is 1.96 bits per heavy atom. The van der Waals surface area contributed by atoms with E-state index in [9.17, 15) is 9.59 Å². The van der Waals surface area contributed by atoms with Crippen molar-refractivity contribution in [2.24, 2.45) is 5.92 Å². The van der Waals surface area contributed by atoms with Crippen molar-refractivity contribution in [2.45, 2.75) is 52.2 Å². The minimum Gasteiger partial charge on any atom is -0.350 e. The van der Waals surface area contributed by atoms with Crippen LogP contribution >= 0.6 is 0 Å². The van der Waals surface area contributed by atoms with Gasteiger partial charge in [0.15, 0.2) is 0 Å². The van der Waals surface area contributed by atoms with Gasteiger partial charge < -0.3 is 21.3 Å². The summed E-state index contributed by atoms with van der Waals surface area (Å²) in [6, 6.07) is 7.32. The average molecular weight is 346 g/mol. The molecule has 1 aliphatic heterocycles. The Morgan fingerprint density at radius 1 is 1.24 bits per heavy atom. The molecule has 1 aliphatic rings. The molecule has 138 valence electrons. The third-order valence-corrected chi connectivity index (χ3v) is 4.31. The van der Waals surface area contributed by atoms with Gasteiger partial charge in [-0.1, -0.05) is 43.7 Å². The van der Waals surface area contributed by atoms with Crippen LogP contribution in [-0.2, 0) is 11.3 Å². The minimum absolute atomic E-state index is 0.104. The van der Waals surface area contributed by atoms with E-state index < -0.39 is 6.04 Å². The number of amides is 3. The van der Waals surface area contributed by atoms with Gasteiger partial charge in [-0.05, 0) is 37.8 Å². The SMILES string of the molecule is Cc1ccc(CNC(=O)NC(CC(C)C)C(=O)NC2CCNC2)cc1. The number of hydrogen-bond donors (Lipinski definition) is 4. The van der Waals surface area contributed by atoms with Crippen molar-refractivity contribution in [1.29, 1.82) is 0 Å². The molecule has 1 aromatic carbocycles. The number of carbonyl (C=O) groups is 2. The molecule has 0 aliphatic carbocycles. The lowest BCUT2D eigenvalue weighted by atomic mass is 10.0. The second kappa shape index (κ2) is 9.42. The van der Waals surface area contributed by atoms with Crippen molar-refractivity contribution in [3.05, 3.63) is 35.4 Å². The largest absolute Gasteiger partial charge is 0.350 e. The Labute approximate surface area is 150 Å². The molecule has 2 atom stereocenters. The normalized spacial score (nSPS) is 18.0. The topological polar surface area (TPSA) is 82.3 Å². The predicted molar refractivity (Wildman–Crippen MR) is 99.2 cm³/mol. The van der Waals surface area contributed by atoms with Crippen molar-refractivity contribution in [2.75, 3.05) is 13.1 Å². The first-order valence-corrected chi connectivity index (χ1v) is 9.05. The average Bonchev–Trinajstić information content (AvgIpc) is 3.06. The van der Waals surface area contributed by atoms with Crippen molar-refractivity contribution >= 4 is 11.9 Å². The summed E-state index contributed by atoms with van der Waals surface area (Å²) in [5.74, 6) is 0.211. The van der Waals surface area contributed by atoms with E-state index in [0.717, 1.165) is 25.1 Å². The van der Waals surface area contributed by atoms with E-state index in [1.807, 2.05) is 45.0 Å². The molecule has 4 N–H and O–H groups in total. The molecule has 6 nitrogen and oxygen atoms in total. The van der Waals surface area contributed by atoms with E-state index in [0.29, 0.717) is 18.9 Å². The highest BCUT2D eigenvalue weighted by Crippen LogP contribution is 2.07. The fourth-order valence-electron chi connectivity index (χ4n) is 2.88. The van der Waals surface area contributed by atoms with Gasteiger partial charge in [-0.2, -0.15) is 0 Å². The zero-order valence-electron chi connectivity index (χ0n) is 15.4. The van der Waals surface area contributed by atoms with E-state index in [-0.39, 0.29) is 18.0 Å². The van der Waals surface area contributed by atoms with Crippen LogP contribution in [0.3, 0.4) is 0 Å². The summed E-state index contributed by atoms with van der Waals surface area (Å²) >= 11 is 0. The molecule has 0 spiro atoms. The number of aryl methyl sites for hydroxylation is 1. The molecule has 2 unspecified atom stereocenters. The molecule has 1 saturated heterocycles. The van der Waals surface area contributed by atoms with Crippen LogP contribution in [0.2, 0.25) is 0 Å². The maximum Gasteiger partial charge on any atom is 0.315 e. The molecule has 6 heteroatoms. The van der Waals surface area contributed by atoms with Crippen LogP contribution in [0.15, 0.2) is 24.3 Å². The lowest BCUT2D eigenvalue weighted by Gasteiger charge is -2.22. The lowest BCUT2D eigenvalue weighted by molar-refractivity contribution is -0.123. The van der Waals surface area contributed by atoms with Crippen LogP contribution in [0, 0.1) is 12.8 Å². The van der Waals surface area contributed by atoms with Crippen LogP contribution in [0.4, 0.5) is 4.79 Å². The van der Waals surface area contributed by atoms with Gasteiger partial charge in [-0.25, -0.2) is 4.79 Å². The first-order chi connectivity index (χ1) is 11.9. The smallest absolute Gasteiger partial charge is 0.315 e. The van der Waals surface area contributed by atoms with Crippen molar-refractivity contribution < 1.29 is 9.59 Å². The fourth-order valence-corrected chi connectivity index (χ4v) is 2.88. The summed E-state index contributed by atoms with van der Waals surface area (Å²) in [5.41, 5.74) is 2.21. The van der Waals surface area contributed by atoms with E-state index in [1.165, 1.54) is 5.56 Å². The minimum atomic E-state index is -0.515. The van der Waals surface area contributed by atoms with Gasteiger partial charge in [0.2, 0.25) is 5.91 Å². The second-order valence-corrected chi connectivity index (χ2v) is 7.19. The first-order valence-electron chi connectivity index (χ1n) is 9.05. The van der Waals surface area contributed by atoms with Crippen LogP contribution < -0.4 is 21.3 Å². The van der Waals surface area contributed by atoms with Gasteiger partial charge in [0.05, 0.1) is 0 Å². The van der Waals surface area contributed by atoms with Gasteiger partial charge in [0, 0.05) is 19.1 Å². The highest BCUT2D eigenvalue weighted by atomic mass is 16.2. The molecule has 0 radical (unpaired) electrons. The van der Waals surface area contributed by atoms with Crippen LogP contribution in [0.5, 0.6) is 0 Å². The van der Waals surface area contributed by atoms with Crippen LogP contribution in [0.25, 0.3) is 0 Å². The van der Waals surface area contributed by atoms with E-state index in [4.69, 9.17) is 0 Å². The van der Waals surface area contributed by atoms with Gasteiger partial charge in [-0.3, -0.25) is 4.79 Å².